The van der Waals surface area contributed by atoms with E-state index in [1.165, 1.54) is 32.1 Å². The minimum absolute atomic E-state index is 0.00922. The number of amides is 2. The van der Waals surface area contributed by atoms with Crippen LogP contribution in [-0.2, 0) is 9.59 Å². The summed E-state index contributed by atoms with van der Waals surface area (Å²) < 4.78 is 0. The highest BCUT2D eigenvalue weighted by Crippen LogP contribution is 2.27. The van der Waals surface area contributed by atoms with E-state index in [2.05, 4.69) is 12.2 Å². The van der Waals surface area contributed by atoms with Gasteiger partial charge in [-0.3, -0.25) is 9.59 Å². The maximum Gasteiger partial charge on any atom is 0.243 e. The van der Waals surface area contributed by atoms with Crippen LogP contribution >= 0.6 is 0 Å². The molecule has 1 aliphatic heterocycles. The monoisotopic (exact) mass is 296 g/mol. The second-order valence-electron chi connectivity index (χ2n) is 7.19. The van der Waals surface area contributed by atoms with E-state index in [0.29, 0.717) is 6.54 Å². The van der Waals surface area contributed by atoms with E-state index in [9.17, 15) is 9.59 Å². The summed E-state index contributed by atoms with van der Waals surface area (Å²) in [5.74, 6) is 0.0468. The number of carbonyl (C=O) groups is 2. The van der Waals surface area contributed by atoms with E-state index in [1.54, 1.807) is 4.90 Å². The molecule has 0 aromatic heterocycles. The minimum Gasteiger partial charge on any atom is -0.345 e. The van der Waals surface area contributed by atoms with Gasteiger partial charge in [0.2, 0.25) is 11.8 Å². The summed E-state index contributed by atoms with van der Waals surface area (Å²) in [7, 11) is 0. The first-order chi connectivity index (χ1) is 9.88. The smallest absolute Gasteiger partial charge is 0.243 e. The predicted molar refractivity (Wildman–Crippen MR) is 86.0 cm³/mol. The Hall–Kier alpha value is -1.06. The van der Waals surface area contributed by atoms with E-state index in [-0.39, 0.29) is 29.8 Å². The molecule has 4 heteroatoms. The second-order valence-corrected chi connectivity index (χ2v) is 7.19. The molecule has 0 spiro atoms. The van der Waals surface area contributed by atoms with E-state index in [1.807, 2.05) is 20.8 Å². The summed E-state index contributed by atoms with van der Waals surface area (Å²) in [6, 6.07) is -0.334. The van der Waals surface area contributed by atoms with Gasteiger partial charge in [-0.05, 0) is 11.8 Å². The normalized spacial score (nSPS) is 19.8. The van der Waals surface area contributed by atoms with Crippen molar-refractivity contribution in [3.63, 3.8) is 0 Å². The molecule has 0 aromatic carbocycles. The van der Waals surface area contributed by atoms with E-state index in [0.717, 1.165) is 12.8 Å². The molecule has 1 unspecified atom stereocenters. The van der Waals surface area contributed by atoms with Crippen molar-refractivity contribution in [1.29, 1.82) is 0 Å². The first-order valence-electron chi connectivity index (χ1n) is 8.45. The third-order valence-electron chi connectivity index (χ3n) is 4.12. The van der Waals surface area contributed by atoms with Gasteiger partial charge in [0.05, 0.1) is 6.54 Å². The Balaban J connectivity index is 2.42. The number of piperazine rings is 1. The summed E-state index contributed by atoms with van der Waals surface area (Å²) >= 11 is 0. The fraction of sp³-hybridized carbons (Fsp3) is 0.882. The molecule has 21 heavy (non-hydrogen) atoms. The molecule has 0 bridgehead atoms. The first kappa shape index (κ1) is 18.0. The van der Waals surface area contributed by atoms with Gasteiger partial charge in [-0.25, -0.2) is 0 Å². The van der Waals surface area contributed by atoms with E-state index >= 15 is 0 Å². The highest BCUT2D eigenvalue weighted by atomic mass is 16.2. The SMILES string of the molecule is CCCCCCCCCN1C(=O)CNC(=O)C1C(C)(C)C. The van der Waals surface area contributed by atoms with Crippen LogP contribution in [0.1, 0.15) is 72.6 Å². The first-order valence-corrected chi connectivity index (χ1v) is 8.45. The van der Waals surface area contributed by atoms with Crippen LogP contribution in [0.2, 0.25) is 0 Å². The number of unbranched alkanes of at least 4 members (excludes halogenated alkanes) is 6. The highest BCUT2D eigenvalue weighted by Gasteiger charge is 2.41. The third kappa shape index (κ3) is 5.68. The summed E-state index contributed by atoms with van der Waals surface area (Å²) in [5.41, 5.74) is -0.221. The lowest BCUT2D eigenvalue weighted by atomic mass is 9.83. The number of nitrogens with one attached hydrogen (secondary N) is 1. The fourth-order valence-corrected chi connectivity index (χ4v) is 3.00. The lowest BCUT2D eigenvalue weighted by Gasteiger charge is -2.42. The molecule has 1 fully saturated rings. The van der Waals surface area contributed by atoms with Crippen LogP contribution in [-0.4, -0.2) is 35.8 Å². The lowest BCUT2D eigenvalue weighted by molar-refractivity contribution is -0.150. The van der Waals surface area contributed by atoms with Crippen LogP contribution in [0.5, 0.6) is 0 Å². The topological polar surface area (TPSA) is 49.4 Å². The second kappa shape index (κ2) is 8.40. The van der Waals surface area contributed by atoms with Crippen molar-refractivity contribution in [2.24, 2.45) is 5.41 Å². The zero-order valence-corrected chi connectivity index (χ0v) is 14.2. The molecule has 1 atom stereocenters. The van der Waals surface area contributed by atoms with E-state index < -0.39 is 0 Å². The number of carbonyl (C=O) groups excluding carboxylic acids is 2. The molecular weight excluding hydrogens is 264 g/mol. The lowest BCUT2D eigenvalue weighted by Crippen LogP contribution is -2.62. The summed E-state index contributed by atoms with van der Waals surface area (Å²) in [4.78, 5) is 26.0. The third-order valence-corrected chi connectivity index (χ3v) is 4.12. The van der Waals surface area contributed by atoms with Crippen LogP contribution in [0.15, 0.2) is 0 Å². The molecular formula is C17H32N2O2. The summed E-state index contributed by atoms with van der Waals surface area (Å²) in [5, 5.41) is 2.71. The van der Waals surface area contributed by atoms with Gasteiger partial charge in [0.25, 0.3) is 0 Å². The van der Waals surface area contributed by atoms with Crippen molar-refractivity contribution < 1.29 is 9.59 Å². The van der Waals surface area contributed by atoms with Crippen LogP contribution in [0.4, 0.5) is 0 Å². The van der Waals surface area contributed by atoms with Gasteiger partial charge in [-0.15, -0.1) is 0 Å². The van der Waals surface area contributed by atoms with Crippen molar-refractivity contribution in [3.8, 4) is 0 Å². The fourth-order valence-electron chi connectivity index (χ4n) is 3.00. The average Bonchev–Trinajstić information content (AvgIpc) is 2.40. The van der Waals surface area contributed by atoms with Crippen molar-refractivity contribution in [1.82, 2.24) is 10.2 Å². The predicted octanol–water partition coefficient (Wildman–Crippen LogP) is 3.11. The van der Waals surface area contributed by atoms with Gasteiger partial charge in [0, 0.05) is 6.54 Å². The standard InChI is InChI=1S/C17H32N2O2/c1-5-6-7-8-9-10-11-12-19-14(20)13-18-16(21)15(19)17(2,3)4/h15H,5-13H2,1-4H3,(H,18,21). The Morgan fingerprint density at radius 1 is 1.05 bits per heavy atom. The molecule has 122 valence electrons. The molecule has 0 radical (unpaired) electrons. The van der Waals surface area contributed by atoms with Crippen molar-refractivity contribution in [3.05, 3.63) is 0 Å². The quantitative estimate of drug-likeness (QED) is 0.700. The van der Waals surface area contributed by atoms with Crippen molar-refractivity contribution >= 4 is 11.8 Å². The Bertz CT molecular complexity index is 347. The zero-order chi connectivity index (χ0) is 15.9. The Kier molecular flexibility index (Phi) is 7.20. The Labute approximate surface area is 129 Å². The van der Waals surface area contributed by atoms with Crippen molar-refractivity contribution in [2.45, 2.75) is 78.7 Å². The molecule has 1 N–H and O–H groups in total. The maximum absolute atomic E-state index is 12.1. The zero-order valence-electron chi connectivity index (χ0n) is 14.2. The molecule has 0 aromatic rings. The molecule has 4 nitrogen and oxygen atoms in total. The van der Waals surface area contributed by atoms with E-state index in [4.69, 9.17) is 0 Å². The van der Waals surface area contributed by atoms with Gasteiger partial charge in [0.15, 0.2) is 0 Å². The number of nitrogens with zero attached hydrogens (tertiary/aromatic N) is 1. The van der Waals surface area contributed by atoms with Gasteiger partial charge in [0.1, 0.15) is 6.04 Å². The minimum atomic E-state index is -0.334. The number of hydrogen-bond acceptors (Lipinski definition) is 2. The van der Waals surface area contributed by atoms with Gasteiger partial charge >= 0.3 is 0 Å². The number of rotatable bonds is 8. The van der Waals surface area contributed by atoms with Crippen LogP contribution in [0, 0.1) is 5.41 Å². The average molecular weight is 296 g/mol. The van der Waals surface area contributed by atoms with Crippen molar-refractivity contribution in [2.75, 3.05) is 13.1 Å². The van der Waals surface area contributed by atoms with Gasteiger partial charge < -0.3 is 10.2 Å². The molecule has 0 aliphatic carbocycles. The molecule has 2 amide bonds. The van der Waals surface area contributed by atoms with Crippen LogP contribution in [0.3, 0.4) is 0 Å². The molecule has 1 rings (SSSR count). The molecule has 1 saturated heterocycles. The Morgan fingerprint density at radius 2 is 1.62 bits per heavy atom. The number of hydrogen-bond donors (Lipinski definition) is 1. The van der Waals surface area contributed by atoms with Gasteiger partial charge in [-0.1, -0.05) is 66.2 Å². The highest BCUT2D eigenvalue weighted by molar-refractivity contribution is 5.95. The largest absolute Gasteiger partial charge is 0.345 e. The molecule has 0 saturated carbocycles. The maximum atomic E-state index is 12.1. The van der Waals surface area contributed by atoms with Crippen LogP contribution < -0.4 is 5.32 Å². The molecule has 1 aliphatic rings. The van der Waals surface area contributed by atoms with Gasteiger partial charge in [-0.2, -0.15) is 0 Å². The van der Waals surface area contributed by atoms with Crippen LogP contribution in [0.25, 0.3) is 0 Å². The molecule has 1 heterocycles. The summed E-state index contributed by atoms with van der Waals surface area (Å²) in [6.45, 7) is 9.15. The summed E-state index contributed by atoms with van der Waals surface area (Å²) in [6.07, 6.45) is 8.55. The Morgan fingerprint density at radius 3 is 2.19 bits per heavy atom.